The van der Waals surface area contributed by atoms with Crippen LogP contribution in [-0.4, -0.2) is 47.1 Å². The predicted molar refractivity (Wildman–Crippen MR) is 87.0 cm³/mol. The summed E-state index contributed by atoms with van der Waals surface area (Å²) in [5.41, 5.74) is 1.33. The quantitative estimate of drug-likeness (QED) is 0.930. The van der Waals surface area contributed by atoms with E-state index in [1.807, 2.05) is 24.3 Å². The first-order valence-electron chi connectivity index (χ1n) is 7.67. The number of carboxylic acid groups (broad SMARTS) is 1. The van der Waals surface area contributed by atoms with Crippen LogP contribution >= 0.6 is 0 Å². The van der Waals surface area contributed by atoms with Crippen molar-refractivity contribution in [3.8, 4) is 5.75 Å². The highest BCUT2D eigenvalue weighted by molar-refractivity contribution is 5.94. The van der Waals surface area contributed by atoms with Crippen molar-refractivity contribution in [1.29, 1.82) is 0 Å². The molecule has 0 saturated carbocycles. The highest BCUT2D eigenvalue weighted by atomic mass is 16.5. The fourth-order valence-electron chi connectivity index (χ4n) is 3.18. The molecule has 24 heavy (non-hydrogen) atoms. The van der Waals surface area contributed by atoms with Gasteiger partial charge in [-0.15, -0.1) is 0 Å². The molecule has 1 N–H and O–H groups in total. The standard InChI is InChI=1S/C18H18N2O4/c1-24-16-5-3-2-4-13(16)14-10-20(11-15(14)18(22)23)17(21)12-6-8-19-9-7-12/h2-9,14-15H,10-11H2,1H3,(H,22,23)/t14-,15+/m0/s1. The summed E-state index contributed by atoms with van der Waals surface area (Å²) < 4.78 is 5.36. The Labute approximate surface area is 139 Å². The van der Waals surface area contributed by atoms with Crippen LogP contribution < -0.4 is 4.74 Å². The van der Waals surface area contributed by atoms with Crippen LogP contribution in [0.2, 0.25) is 0 Å². The van der Waals surface area contributed by atoms with E-state index < -0.39 is 11.9 Å². The van der Waals surface area contributed by atoms with Crippen molar-refractivity contribution in [3.05, 3.63) is 59.9 Å². The summed E-state index contributed by atoms with van der Waals surface area (Å²) in [4.78, 5) is 29.8. The van der Waals surface area contributed by atoms with Gasteiger partial charge in [0.25, 0.3) is 5.91 Å². The van der Waals surface area contributed by atoms with E-state index in [0.717, 1.165) is 5.56 Å². The van der Waals surface area contributed by atoms with Crippen molar-refractivity contribution >= 4 is 11.9 Å². The monoisotopic (exact) mass is 326 g/mol. The number of methoxy groups -OCH3 is 1. The van der Waals surface area contributed by atoms with Crippen LogP contribution in [0.4, 0.5) is 0 Å². The molecule has 2 heterocycles. The third-order valence-electron chi connectivity index (χ3n) is 4.39. The number of aliphatic carboxylic acids is 1. The first-order chi connectivity index (χ1) is 11.6. The molecular weight excluding hydrogens is 308 g/mol. The number of likely N-dealkylation sites (tertiary alicyclic amines) is 1. The van der Waals surface area contributed by atoms with Crippen LogP contribution in [0, 0.1) is 5.92 Å². The topological polar surface area (TPSA) is 79.7 Å². The second-order valence-corrected chi connectivity index (χ2v) is 5.74. The van der Waals surface area contributed by atoms with Crippen molar-refractivity contribution in [3.63, 3.8) is 0 Å². The van der Waals surface area contributed by atoms with Gasteiger partial charge in [0.2, 0.25) is 0 Å². The predicted octanol–water partition coefficient (Wildman–Crippen LogP) is 2.03. The number of rotatable bonds is 4. The maximum absolute atomic E-state index is 12.6. The lowest BCUT2D eigenvalue weighted by Gasteiger charge is -2.18. The first-order valence-corrected chi connectivity index (χ1v) is 7.67. The number of carbonyl (C=O) groups is 2. The minimum Gasteiger partial charge on any atom is -0.496 e. The van der Waals surface area contributed by atoms with Crippen molar-refractivity contribution in [2.45, 2.75) is 5.92 Å². The minimum atomic E-state index is -0.907. The Hall–Kier alpha value is -2.89. The minimum absolute atomic E-state index is 0.180. The molecular formula is C18H18N2O4. The zero-order chi connectivity index (χ0) is 17.1. The summed E-state index contributed by atoms with van der Waals surface area (Å²) in [6.45, 7) is 0.525. The van der Waals surface area contributed by atoms with Crippen LogP contribution in [-0.2, 0) is 4.79 Å². The number of hydrogen-bond acceptors (Lipinski definition) is 4. The molecule has 1 fully saturated rings. The van der Waals surface area contributed by atoms with E-state index >= 15 is 0 Å². The Morgan fingerprint density at radius 3 is 2.54 bits per heavy atom. The number of amides is 1. The number of benzene rings is 1. The second kappa shape index (κ2) is 6.70. The molecule has 6 heteroatoms. The molecule has 0 radical (unpaired) electrons. The number of carbonyl (C=O) groups excluding carboxylic acids is 1. The Morgan fingerprint density at radius 2 is 1.88 bits per heavy atom. The lowest BCUT2D eigenvalue weighted by atomic mass is 9.88. The number of aromatic nitrogens is 1. The zero-order valence-electron chi connectivity index (χ0n) is 13.3. The van der Waals surface area contributed by atoms with Gasteiger partial charge in [-0.2, -0.15) is 0 Å². The van der Waals surface area contributed by atoms with E-state index in [1.165, 1.54) is 0 Å². The second-order valence-electron chi connectivity index (χ2n) is 5.74. The van der Waals surface area contributed by atoms with E-state index in [-0.39, 0.29) is 18.4 Å². The van der Waals surface area contributed by atoms with Gasteiger partial charge in [-0.1, -0.05) is 18.2 Å². The Morgan fingerprint density at radius 1 is 1.17 bits per heavy atom. The van der Waals surface area contributed by atoms with Crippen molar-refractivity contribution in [2.24, 2.45) is 5.92 Å². The number of nitrogens with zero attached hydrogens (tertiary/aromatic N) is 2. The van der Waals surface area contributed by atoms with Gasteiger partial charge in [-0.3, -0.25) is 14.6 Å². The highest BCUT2D eigenvalue weighted by Crippen LogP contribution is 2.38. The maximum atomic E-state index is 12.6. The Bertz CT molecular complexity index is 748. The van der Waals surface area contributed by atoms with Gasteiger partial charge in [0.15, 0.2) is 0 Å². The van der Waals surface area contributed by atoms with Crippen LogP contribution in [0.15, 0.2) is 48.8 Å². The van der Waals surface area contributed by atoms with E-state index in [4.69, 9.17) is 4.74 Å². The molecule has 0 unspecified atom stereocenters. The fourth-order valence-corrected chi connectivity index (χ4v) is 3.18. The summed E-state index contributed by atoms with van der Waals surface area (Å²) in [6.07, 6.45) is 3.10. The third kappa shape index (κ3) is 2.95. The van der Waals surface area contributed by atoms with Gasteiger partial charge in [0.1, 0.15) is 5.75 Å². The van der Waals surface area contributed by atoms with E-state index in [0.29, 0.717) is 17.9 Å². The van der Waals surface area contributed by atoms with E-state index in [1.54, 1.807) is 36.5 Å². The van der Waals surface area contributed by atoms with Gasteiger partial charge in [0, 0.05) is 37.0 Å². The SMILES string of the molecule is COc1ccccc1[C@@H]1CN(C(=O)c2ccncc2)C[C@H]1C(=O)O. The lowest BCUT2D eigenvalue weighted by molar-refractivity contribution is -0.141. The maximum Gasteiger partial charge on any atom is 0.308 e. The number of ether oxygens (including phenoxy) is 1. The normalized spacial score (nSPS) is 20.0. The summed E-state index contributed by atoms with van der Waals surface area (Å²) in [6, 6.07) is 10.6. The third-order valence-corrected chi connectivity index (χ3v) is 4.39. The molecule has 6 nitrogen and oxygen atoms in total. The van der Waals surface area contributed by atoms with Gasteiger partial charge < -0.3 is 14.7 Å². The molecule has 3 rings (SSSR count). The highest BCUT2D eigenvalue weighted by Gasteiger charge is 2.41. The number of para-hydroxylation sites is 1. The largest absolute Gasteiger partial charge is 0.496 e. The molecule has 1 aliphatic heterocycles. The molecule has 124 valence electrons. The molecule has 2 aromatic rings. The van der Waals surface area contributed by atoms with Crippen molar-refractivity contribution in [2.75, 3.05) is 20.2 Å². The van der Waals surface area contributed by atoms with E-state index in [9.17, 15) is 14.7 Å². The summed E-state index contributed by atoms with van der Waals surface area (Å²) in [5, 5.41) is 9.59. The molecule has 1 aromatic carbocycles. The van der Waals surface area contributed by atoms with Crippen LogP contribution in [0.25, 0.3) is 0 Å². The van der Waals surface area contributed by atoms with Gasteiger partial charge in [-0.05, 0) is 23.8 Å². The van der Waals surface area contributed by atoms with Crippen LogP contribution in [0.1, 0.15) is 21.8 Å². The van der Waals surface area contributed by atoms with Crippen LogP contribution in [0.3, 0.4) is 0 Å². The average molecular weight is 326 g/mol. The summed E-state index contributed by atoms with van der Waals surface area (Å²) >= 11 is 0. The smallest absolute Gasteiger partial charge is 0.308 e. The summed E-state index contributed by atoms with van der Waals surface area (Å²) in [5.74, 6) is -1.40. The molecule has 1 aromatic heterocycles. The van der Waals surface area contributed by atoms with Crippen molar-refractivity contribution < 1.29 is 19.4 Å². The lowest BCUT2D eigenvalue weighted by Crippen LogP contribution is -2.29. The van der Waals surface area contributed by atoms with Crippen LogP contribution in [0.5, 0.6) is 5.75 Å². The number of hydrogen-bond donors (Lipinski definition) is 1. The molecule has 0 aliphatic carbocycles. The Balaban J connectivity index is 1.90. The Kier molecular flexibility index (Phi) is 4.46. The van der Waals surface area contributed by atoms with Gasteiger partial charge in [0.05, 0.1) is 13.0 Å². The molecule has 0 spiro atoms. The molecule has 1 amide bonds. The number of pyridine rings is 1. The van der Waals surface area contributed by atoms with Gasteiger partial charge in [-0.25, -0.2) is 0 Å². The molecule has 1 aliphatic rings. The van der Waals surface area contributed by atoms with Gasteiger partial charge >= 0.3 is 5.97 Å². The average Bonchev–Trinajstić information content (AvgIpc) is 3.07. The van der Waals surface area contributed by atoms with Crippen molar-refractivity contribution in [1.82, 2.24) is 9.88 Å². The number of carboxylic acids is 1. The summed E-state index contributed by atoms with van der Waals surface area (Å²) in [7, 11) is 1.56. The zero-order valence-corrected chi connectivity index (χ0v) is 13.3. The molecule has 2 atom stereocenters. The van der Waals surface area contributed by atoms with E-state index in [2.05, 4.69) is 4.98 Å². The molecule has 0 bridgehead atoms. The molecule has 1 saturated heterocycles. The first kappa shape index (κ1) is 16.0. The fraction of sp³-hybridized carbons (Fsp3) is 0.278.